The molecule has 1 amide bonds. The van der Waals surface area contributed by atoms with Crippen molar-refractivity contribution in [3.05, 3.63) is 77.4 Å². The van der Waals surface area contributed by atoms with Crippen molar-refractivity contribution in [1.29, 1.82) is 0 Å². The molecular weight excluding hydrogens is 339 g/mol. The molecule has 1 aromatic heterocycles. The maximum Gasteiger partial charge on any atom is 0.258 e. The number of aromatic nitrogens is 1. The molecule has 0 aliphatic carbocycles. The van der Waals surface area contributed by atoms with Crippen LogP contribution in [0.3, 0.4) is 0 Å². The molecule has 0 saturated heterocycles. The zero-order chi connectivity index (χ0) is 19.2. The zero-order valence-electron chi connectivity index (χ0n) is 15.8. The minimum absolute atomic E-state index is 0.0215. The first-order chi connectivity index (χ1) is 12.9. The Hall–Kier alpha value is -2.88. The van der Waals surface area contributed by atoms with Crippen molar-refractivity contribution in [3.63, 3.8) is 0 Å². The van der Waals surface area contributed by atoms with Gasteiger partial charge in [0.05, 0.1) is 0 Å². The molecule has 0 bridgehead atoms. The number of H-pyrrole nitrogens is 1. The molecule has 1 unspecified atom stereocenters. The van der Waals surface area contributed by atoms with Crippen LogP contribution in [-0.2, 0) is 5.41 Å². The van der Waals surface area contributed by atoms with E-state index < -0.39 is 0 Å². The van der Waals surface area contributed by atoms with Crippen LogP contribution in [-0.4, -0.2) is 21.8 Å². The molecule has 1 N–H and O–H groups in total. The lowest BCUT2D eigenvalue weighted by Crippen LogP contribution is -2.47. The number of fused-ring (bicyclic) bond motifs is 3. The average Bonchev–Trinajstić information content (AvgIpc) is 2.99. The summed E-state index contributed by atoms with van der Waals surface area (Å²) >= 11 is 0. The van der Waals surface area contributed by atoms with Gasteiger partial charge in [0.15, 0.2) is 0 Å². The number of hydrogen-bond donors (Lipinski definition) is 1. The van der Waals surface area contributed by atoms with Crippen LogP contribution < -0.4 is 0 Å². The van der Waals surface area contributed by atoms with E-state index in [4.69, 9.17) is 0 Å². The van der Waals surface area contributed by atoms with Gasteiger partial charge in [-0.05, 0) is 48.4 Å². The average molecular weight is 362 g/mol. The fourth-order valence-corrected chi connectivity index (χ4v) is 4.41. The molecule has 0 saturated carbocycles. The molecule has 2 heterocycles. The van der Waals surface area contributed by atoms with Crippen molar-refractivity contribution in [1.82, 2.24) is 9.88 Å². The van der Waals surface area contributed by atoms with Gasteiger partial charge in [0.2, 0.25) is 0 Å². The summed E-state index contributed by atoms with van der Waals surface area (Å²) in [4.78, 5) is 18.5. The Morgan fingerprint density at radius 3 is 2.56 bits per heavy atom. The monoisotopic (exact) mass is 362 g/mol. The highest BCUT2D eigenvalue weighted by Crippen LogP contribution is 2.42. The van der Waals surface area contributed by atoms with Gasteiger partial charge in [0.25, 0.3) is 5.91 Å². The minimum Gasteiger partial charge on any atom is -0.355 e. The van der Waals surface area contributed by atoms with Crippen LogP contribution in [0.2, 0.25) is 0 Å². The third-order valence-electron chi connectivity index (χ3n) is 5.66. The molecule has 1 aliphatic rings. The first-order valence-corrected chi connectivity index (χ1v) is 9.31. The number of rotatable bonds is 2. The number of nitrogens with zero attached hydrogens (tertiary/aromatic N) is 1. The summed E-state index contributed by atoms with van der Waals surface area (Å²) in [5.74, 6) is -0.451. The Labute approximate surface area is 158 Å². The van der Waals surface area contributed by atoms with E-state index in [1.165, 1.54) is 23.1 Å². The summed E-state index contributed by atoms with van der Waals surface area (Å²) < 4.78 is 13.3. The number of benzene rings is 2. The van der Waals surface area contributed by atoms with Crippen molar-refractivity contribution < 1.29 is 9.18 Å². The van der Waals surface area contributed by atoms with Crippen molar-refractivity contribution in [3.8, 4) is 0 Å². The second-order valence-electron chi connectivity index (χ2n) is 7.64. The summed E-state index contributed by atoms with van der Waals surface area (Å²) in [6, 6.07) is 14.0. The van der Waals surface area contributed by atoms with E-state index in [0.29, 0.717) is 5.56 Å². The van der Waals surface area contributed by atoms with E-state index in [1.54, 1.807) is 17.0 Å². The van der Waals surface area contributed by atoms with Crippen molar-refractivity contribution in [2.45, 2.75) is 38.6 Å². The highest BCUT2D eigenvalue weighted by molar-refractivity contribution is 5.96. The highest BCUT2D eigenvalue weighted by Gasteiger charge is 2.40. The van der Waals surface area contributed by atoms with Gasteiger partial charge in [-0.1, -0.05) is 39.0 Å². The molecule has 3 nitrogen and oxygen atoms in total. The fraction of sp³-hybridized carbons (Fsp3) is 0.261. The van der Waals surface area contributed by atoms with E-state index in [0.717, 1.165) is 17.6 Å². The third kappa shape index (κ3) is 2.76. The van der Waals surface area contributed by atoms with Crippen LogP contribution in [0.15, 0.2) is 54.7 Å². The van der Waals surface area contributed by atoms with Crippen LogP contribution in [0, 0.1) is 5.82 Å². The first kappa shape index (κ1) is 17.5. The van der Waals surface area contributed by atoms with Crippen LogP contribution in [0.5, 0.6) is 0 Å². The van der Waals surface area contributed by atoms with E-state index in [1.807, 2.05) is 24.4 Å². The summed E-state index contributed by atoms with van der Waals surface area (Å²) in [6.45, 7) is 6.49. The number of nitrogens with one attached hydrogen (secondary N) is 1. The van der Waals surface area contributed by atoms with Crippen molar-refractivity contribution in [2.24, 2.45) is 0 Å². The Balaban J connectivity index is 1.84. The van der Waals surface area contributed by atoms with Crippen LogP contribution in [0.4, 0.5) is 4.39 Å². The van der Waals surface area contributed by atoms with Gasteiger partial charge in [0, 0.05) is 39.8 Å². The summed E-state index contributed by atoms with van der Waals surface area (Å²) in [6.07, 6.45) is 4.65. The largest absolute Gasteiger partial charge is 0.355 e. The Morgan fingerprint density at radius 1 is 1.15 bits per heavy atom. The molecule has 2 aromatic carbocycles. The molecule has 138 valence electrons. The van der Waals surface area contributed by atoms with Gasteiger partial charge < -0.3 is 9.88 Å². The topological polar surface area (TPSA) is 36.1 Å². The standard InChI is InChI=1S/C23H23FN2O/c1-4-20-23(2,3)21-17-7-5-6-8-18(17)25-19(21)13-14-26(20)22(27)15-9-11-16(24)12-10-15/h5-14,20,25H,4H2,1-3H3. The summed E-state index contributed by atoms with van der Waals surface area (Å²) in [5.41, 5.74) is 3.60. The fourth-order valence-electron chi connectivity index (χ4n) is 4.41. The second kappa shape index (κ2) is 6.38. The lowest BCUT2D eigenvalue weighted by molar-refractivity contribution is 0.0707. The molecule has 27 heavy (non-hydrogen) atoms. The molecule has 3 aromatic rings. The summed E-state index contributed by atoms with van der Waals surface area (Å²) in [5, 5.41) is 1.19. The van der Waals surface area contributed by atoms with Crippen molar-refractivity contribution >= 4 is 22.9 Å². The quantitative estimate of drug-likeness (QED) is 0.643. The number of hydrogen-bond acceptors (Lipinski definition) is 1. The van der Waals surface area contributed by atoms with Crippen LogP contribution >= 0.6 is 0 Å². The van der Waals surface area contributed by atoms with Gasteiger partial charge >= 0.3 is 0 Å². The van der Waals surface area contributed by atoms with Gasteiger partial charge in [-0.15, -0.1) is 0 Å². The minimum atomic E-state index is -0.341. The predicted octanol–water partition coefficient (Wildman–Crippen LogP) is 5.49. The predicted molar refractivity (Wildman–Crippen MR) is 107 cm³/mol. The highest BCUT2D eigenvalue weighted by atomic mass is 19.1. The number of carbonyl (C=O) groups is 1. The maximum atomic E-state index is 13.3. The van der Waals surface area contributed by atoms with Gasteiger partial charge in [-0.2, -0.15) is 0 Å². The number of carbonyl (C=O) groups excluding carboxylic acids is 1. The summed E-state index contributed by atoms with van der Waals surface area (Å²) in [7, 11) is 0. The zero-order valence-corrected chi connectivity index (χ0v) is 15.8. The van der Waals surface area contributed by atoms with E-state index in [-0.39, 0.29) is 23.2 Å². The van der Waals surface area contributed by atoms with Gasteiger partial charge in [0.1, 0.15) is 5.82 Å². The Morgan fingerprint density at radius 2 is 1.85 bits per heavy atom. The molecule has 4 rings (SSSR count). The maximum absolute atomic E-state index is 13.3. The molecule has 1 aliphatic heterocycles. The molecule has 0 spiro atoms. The van der Waals surface area contributed by atoms with Gasteiger partial charge in [-0.25, -0.2) is 4.39 Å². The molecule has 4 heteroatoms. The Kier molecular flexibility index (Phi) is 4.14. The SMILES string of the molecule is CCC1N(C(=O)c2ccc(F)cc2)C=Cc2[nH]c3ccccc3c2C1(C)C. The normalized spacial score (nSPS) is 18.4. The molecule has 0 fully saturated rings. The van der Waals surface area contributed by atoms with Crippen molar-refractivity contribution in [2.75, 3.05) is 0 Å². The smallest absolute Gasteiger partial charge is 0.258 e. The lowest BCUT2D eigenvalue weighted by atomic mass is 9.75. The van der Waals surface area contributed by atoms with E-state index >= 15 is 0 Å². The molecular formula is C23H23FN2O. The third-order valence-corrected chi connectivity index (χ3v) is 5.66. The second-order valence-corrected chi connectivity index (χ2v) is 7.64. The molecule has 1 atom stereocenters. The Bertz CT molecular complexity index is 1030. The first-order valence-electron chi connectivity index (χ1n) is 9.31. The molecule has 0 radical (unpaired) electrons. The number of para-hydroxylation sites is 1. The number of aromatic amines is 1. The van der Waals surface area contributed by atoms with E-state index in [9.17, 15) is 9.18 Å². The van der Waals surface area contributed by atoms with Gasteiger partial charge in [-0.3, -0.25) is 4.79 Å². The van der Waals surface area contributed by atoms with E-state index in [2.05, 4.69) is 37.9 Å². The number of halogens is 1. The van der Waals surface area contributed by atoms with Crippen LogP contribution in [0.25, 0.3) is 17.0 Å². The number of amides is 1. The lowest BCUT2D eigenvalue weighted by Gasteiger charge is -2.39. The van der Waals surface area contributed by atoms with Crippen LogP contribution in [0.1, 0.15) is 48.8 Å².